The largest absolute Gasteiger partial charge is 0.457 e. The van der Waals surface area contributed by atoms with E-state index in [0.29, 0.717) is 17.1 Å². The molecule has 0 heterocycles. The minimum atomic E-state index is -4.34. The highest BCUT2D eigenvalue weighted by atomic mass is 19.4. The molecule has 0 aliphatic rings. The standard InChI is InChI=1S/C18H13F3O/c1-12-10-15(18(19,20)21)7-9-17(12)22-16-8-6-13-4-2-3-5-14(13)11-16/h2-11H,1H3. The Morgan fingerprint density at radius 2 is 1.55 bits per heavy atom. The number of hydrogen-bond acceptors (Lipinski definition) is 1. The van der Waals surface area contributed by atoms with Gasteiger partial charge in [-0.05, 0) is 53.6 Å². The first-order chi connectivity index (χ1) is 10.4. The molecule has 4 heteroatoms. The van der Waals surface area contributed by atoms with Crippen LogP contribution in [-0.4, -0.2) is 0 Å². The van der Waals surface area contributed by atoms with Crippen molar-refractivity contribution in [2.45, 2.75) is 13.1 Å². The lowest BCUT2D eigenvalue weighted by atomic mass is 10.1. The Balaban J connectivity index is 1.91. The minimum absolute atomic E-state index is 0.420. The van der Waals surface area contributed by atoms with Crippen molar-refractivity contribution in [1.82, 2.24) is 0 Å². The second-order valence-corrected chi connectivity index (χ2v) is 5.09. The van der Waals surface area contributed by atoms with Gasteiger partial charge in [-0.3, -0.25) is 0 Å². The Morgan fingerprint density at radius 1 is 0.818 bits per heavy atom. The number of aryl methyl sites for hydroxylation is 1. The van der Waals surface area contributed by atoms with Gasteiger partial charge in [0.2, 0.25) is 0 Å². The molecule has 0 aromatic heterocycles. The van der Waals surface area contributed by atoms with Crippen LogP contribution in [-0.2, 0) is 6.18 Å². The summed E-state index contributed by atoms with van der Waals surface area (Å²) in [6.07, 6.45) is -4.34. The van der Waals surface area contributed by atoms with E-state index in [1.807, 2.05) is 36.4 Å². The molecule has 3 aromatic carbocycles. The van der Waals surface area contributed by atoms with Gasteiger partial charge < -0.3 is 4.74 Å². The zero-order valence-electron chi connectivity index (χ0n) is 11.8. The second kappa shape index (κ2) is 5.37. The molecule has 0 spiro atoms. The van der Waals surface area contributed by atoms with Crippen LogP contribution in [0.15, 0.2) is 60.7 Å². The zero-order valence-corrected chi connectivity index (χ0v) is 11.8. The lowest BCUT2D eigenvalue weighted by molar-refractivity contribution is -0.137. The molecule has 0 fully saturated rings. The van der Waals surface area contributed by atoms with E-state index in [1.165, 1.54) is 6.07 Å². The molecule has 1 nitrogen and oxygen atoms in total. The fourth-order valence-corrected chi connectivity index (χ4v) is 2.30. The summed E-state index contributed by atoms with van der Waals surface area (Å²) >= 11 is 0. The summed E-state index contributed by atoms with van der Waals surface area (Å²) in [6, 6.07) is 16.9. The van der Waals surface area contributed by atoms with Crippen molar-refractivity contribution in [3.05, 3.63) is 71.8 Å². The molecule has 3 aromatic rings. The van der Waals surface area contributed by atoms with Gasteiger partial charge in [0.25, 0.3) is 0 Å². The molecule has 0 aliphatic carbocycles. The van der Waals surface area contributed by atoms with Crippen LogP contribution >= 0.6 is 0 Å². The van der Waals surface area contributed by atoms with Crippen LogP contribution in [0.5, 0.6) is 11.5 Å². The van der Waals surface area contributed by atoms with E-state index in [9.17, 15) is 13.2 Å². The molecule has 0 atom stereocenters. The van der Waals surface area contributed by atoms with Crippen molar-refractivity contribution in [3.8, 4) is 11.5 Å². The lowest BCUT2D eigenvalue weighted by Crippen LogP contribution is -2.05. The zero-order chi connectivity index (χ0) is 15.7. The predicted molar refractivity (Wildman–Crippen MR) is 80.2 cm³/mol. The summed E-state index contributed by atoms with van der Waals surface area (Å²) in [7, 11) is 0. The SMILES string of the molecule is Cc1cc(C(F)(F)F)ccc1Oc1ccc2ccccc2c1. The quantitative estimate of drug-likeness (QED) is 0.567. The maximum atomic E-state index is 12.7. The van der Waals surface area contributed by atoms with E-state index in [2.05, 4.69) is 0 Å². The number of alkyl halides is 3. The van der Waals surface area contributed by atoms with Gasteiger partial charge in [0.05, 0.1) is 5.56 Å². The van der Waals surface area contributed by atoms with E-state index < -0.39 is 11.7 Å². The van der Waals surface area contributed by atoms with Gasteiger partial charge in [0.1, 0.15) is 11.5 Å². The molecule has 0 bridgehead atoms. The number of rotatable bonds is 2. The third kappa shape index (κ3) is 2.91. The van der Waals surface area contributed by atoms with Crippen LogP contribution < -0.4 is 4.74 Å². The Bertz CT molecular complexity index is 822. The molecule has 0 amide bonds. The van der Waals surface area contributed by atoms with Gasteiger partial charge >= 0.3 is 6.18 Å². The van der Waals surface area contributed by atoms with E-state index in [0.717, 1.165) is 22.9 Å². The fourth-order valence-electron chi connectivity index (χ4n) is 2.30. The molecule has 0 radical (unpaired) electrons. The molecule has 3 rings (SSSR count). The highest BCUT2D eigenvalue weighted by Gasteiger charge is 2.30. The van der Waals surface area contributed by atoms with Gasteiger partial charge in [-0.25, -0.2) is 0 Å². The van der Waals surface area contributed by atoms with Crippen LogP contribution in [0, 0.1) is 6.92 Å². The summed E-state index contributed by atoms with van der Waals surface area (Å²) < 4.78 is 43.7. The third-order valence-electron chi connectivity index (χ3n) is 3.45. The third-order valence-corrected chi connectivity index (χ3v) is 3.45. The number of halogens is 3. The van der Waals surface area contributed by atoms with Crippen LogP contribution in [0.1, 0.15) is 11.1 Å². The van der Waals surface area contributed by atoms with Crippen molar-refractivity contribution in [2.24, 2.45) is 0 Å². The van der Waals surface area contributed by atoms with E-state index in [1.54, 1.807) is 13.0 Å². The van der Waals surface area contributed by atoms with Crippen LogP contribution in [0.25, 0.3) is 10.8 Å². The average Bonchev–Trinajstić information content (AvgIpc) is 2.48. The second-order valence-electron chi connectivity index (χ2n) is 5.09. The topological polar surface area (TPSA) is 9.23 Å². The van der Waals surface area contributed by atoms with Gasteiger partial charge in [0, 0.05) is 0 Å². The first-order valence-corrected chi connectivity index (χ1v) is 6.78. The maximum Gasteiger partial charge on any atom is 0.416 e. The monoisotopic (exact) mass is 302 g/mol. The summed E-state index contributed by atoms with van der Waals surface area (Å²) in [5.74, 6) is 1.02. The summed E-state index contributed by atoms with van der Waals surface area (Å²) in [6.45, 7) is 1.60. The molecular formula is C18H13F3O. The average molecular weight is 302 g/mol. The van der Waals surface area contributed by atoms with Crippen molar-refractivity contribution < 1.29 is 17.9 Å². The van der Waals surface area contributed by atoms with Crippen molar-refractivity contribution in [2.75, 3.05) is 0 Å². The summed E-state index contributed by atoms with van der Waals surface area (Å²) in [4.78, 5) is 0. The maximum absolute atomic E-state index is 12.7. The van der Waals surface area contributed by atoms with Crippen LogP contribution in [0.4, 0.5) is 13.2 Å². The minimum Gasteiger partial charge on any atom is -0.457 e. The Hall–Kier alpha value is -2.49. The van der Waals surface area contributed by atoms with Gasteiger partial charge in [0.15, 0.2) is 0 Å². The van der Waals surface area contributed by atoms with E-state index in [4.69, 9.17) is 4.74 Å². The highest BCUT2D eigenvalue weighted by Crippen LogP contribution is 2.34. The van der Waals surface area contributed by atoms with Crippen molar-refractivity contribution in [1.29, 1.82) is 0 Å². The number of hydrogen-bond donors (Lipinski definition) is 0. The fraction of sp³-hybridized carbons (Fsp3) is 0.111. The van der Waals surface area contributed by atoms with Gasteiger partial charge in [-0.1, -0.05) is 30.3 Å². The van der Waals surface area contributed by atoms with Crippen molar-refractivity contribution in [3.63, 3.8) is 0 Å². The molecule has 0 N–H and O–H groups in total. The number of benzene rings is 3. The van der Waals surface area contributed by atoms with Gasteiger partial charge in [-0.2, -0.15) is 13.2 Å². The first kappa shape index (κ1) is 14.4. The molecule has 0 saturated carbocycles. The van der Waals surface area contributed by atoms with E-state index >= 15 is 0 Å². The highest BCUT2D eigenvalue weighted by molar-refractivity contribution is 5.83. The van der Waals surface area contributed by atoms with Crippen LogP contribution in [0.2, 0.25) is 0 Å². The normalized spacial score (nSPS) is 11.6. The Kier molecular flexibility index (Phi) is 3.53. The smallest absolute Gasteiger partial charge is 0.416 e. The van der Waals surface area contributed by atoms with Crippen LogP contribution in [0.3, 0.4) is 0 Å². The predicted octanol–water partition coefficient (Wildman–Crippen LogP) is 5.96. The van der Waals surface area contributed by atoms with Gasteiger partial charge in [-0.15, -0.1) is 0 Å². The number of ether oxygens (including phenoxy) is 1. The molecular weight excluding hydrogens is 289 g/mol. The summed E-state index contributed by atoms with van der Waals surface area (Å²) in [5, 5.41) is 2.10. The molecule has 0 aliphatic heterocycles. The molecule has 0 unspecified atom stereocenters. The lowest BCUT2D eigenvalue weighted by Gasteiger charge is -2.12. The molecule has 22 heavy (non-hydrogen) atoms. The number of fused-ring (bicyclic) bond motifs is 1. The molecule has 112 valence electrons. The molecule has 0 saturated heterocycles. The van der Waals surface area contributed by atoms with Crippen molar-refractivity contribution >= 4 is 10.8 Å². The Morgan fingerprint density at radius 3 is 2.23 bits per heavy atom. The Labute approximate surface area is 126 Å². The first-order valence-electron chi connectivity index (χ1n) is 6.78. The summed E-state index contributed by atoms with van der Waals surface area (Å²) in [5.41, 5.74) is -0.223. The van der Waals surface area contributed by atoms with E-state index in [-0.39, 0.29) is 0 Å².